The number of aromatic hydroxyl groups is 1. The fourth-order valence-corrected chi connectivity index (χ4v) is 7.97. The molecule has 1 aliphatic rings. The van der Waals surface area contributed by atoms with E-state index >= 15 is 0 Å². The summed E-state index contributed by atoms with van der Waals surface area (Å²) < 4.78 is 0. The molecule has 378 valence electrons. The molecule has 3 aromatic carbocycles. The van der Waals surface area contributed by atoms with Crippen molar-refractivity contribution in [3.05, 3.63) is 102 Å². The van der Waals surface area contributed by atoms with Crippen LogP contribution in [0.1, 0.15) is 75.5 Å². The smallest absolute Gasteiger partial charge is 0.326 e. The van der Waals surface area contributed by atoms with Crippen molar-refractivity contribution in [1.82, 2.24) is 31.5 Å². The molecule has 4 rings (SSSR count). The van der Waals surface area contributed by atoms with Gasteiger partial charge in [-0.15, -0.1) is 0 Å². The number of carboxylic acid groups (broad SMARTS) is 1. The van der Waals surface area contributed by atoms with Crippen molar-refractivity contribution in [3.63, 3.8) is 0 Å². The number of benzene rings is 3. The van der Waals surface area contributed by atoms with Crippen LogP contribution in [-0.2, 0) is 57.6 Å². The first-order valence-electron chi connectivity index (χ1n) is 23.3. The Morgan fingerprint density at radius 3 is 1.77 bits per heavy atom. The number of guanidine groups is 1. The summed E-state index contributed by atoms with van der Waals surface area (Å²) in [4.78, 5) is 114. The lowest BCUT2D eigenvalue weighted by atomic mass is 10.00. The molecule has 1 aliphatic heterocycles. The summed E-state index contributed by atoms with van der Waals surface area (Å²) in [5, 5.41) is 33.1. The van der Waals surface area contributed by atoms with Gasteiger partial charge in [0.05, 0.1) is 6.04 Å². The Morgan fingerprint density at radius 1 is 0.657 bits per heavy atom. The van der Waals surface area contributed by atoms with Crippen LogP contribution in [-0.4, -0.2) is 124 Å². The highest BCUT2D eigenvalue weighted by Gasteiger charge is 2.40. The summed E-state index contributed by atoms with van der Waals surface area (Å²) in [5.41, 5.74) is 24.6. The van der Waals surface area contributed by atoms with Crippen LogP contribution >= 0.6 is 0 Å². The lowest BCUT2D eigenvalue weighted by Gasteiger charge is -2.31. The van der Waals surface area contributed by atoms with Gasteiger partial charge in [-0.1, -0.05) is 86.6 Å². The first kappa shape index (κ1) is 55.0. The standard InChI is InChI=1S/C49H67N11O10/c1-29(2)25-37(44(65)58-38(27-31-13-7-4-8-14-31)45(66)56-36(48(69)70)15-9-23-54-49(52)53)57-43(64)35(21-22-41(51)62)55-46(67)40-16-10-24-60(40)47(68)39(28-32-17-19-33(61)20-18-32)59-42(63)34(50)26-30-11-5-3-6-12-30/h3-8,11-14,17-20,29,34-40,61H,9-10,15-16,21-28,50H2,1-2H3,(H2,51,62)(H,55,67)(H,56,66)(H,57,64)(H,58,65)(H,59,63)(H,69,70)(H4,52,53,54)/t34-,35-,36-,37-,38-,39-,40-/m0/s1. The second kappa shape index (κ2) is 27.4. The van der Waals surface area contributed by atoms with Crippen molar-refractivity contribution in [3.8, 4) is 5.75 Å². The summed E-state index contributed by atoms with van der Waals surface area (Å²) in [5.74, 6) is -6.82. The first-order chi connectivity index (χ1) is 33.3. The number of phenols is 1. The van der Waals surface area contributed by atoms with Crippen molar-refractivity contribution in [2.45, 2.75) is 120 Å². The zero-order valence-corrected chi connectivity index (χ0v) is 39.6. The minimum Gasteiger partial charge on any atom is -0.508 e. The molecule has 3 aromatic rings. The number of aliphatic carboxylic acids is 1. The van der Waals surface area contributed by atoms with Crippen molar-refractivity contribution in [2.75, 3.05) is 13.1 Å². The number of hydrogen-bond acceptors (Lipinski definition) is 11. The lowest BCUT2D eigenvalue weighted by molar-refractivity contribution is -0.142. The average molecular weight is 970 g/mol. The molecule has 0 aromatic heterocycles. The second-order valence-electron chi connectivity index (χ2n) is 17.8. The van der Waals surface area contributed by atoms with Crippen molar-refractivity contribution >= 4 is 53.3 Å². The van der Waals surface area contributed by atoms with E-state index in [1.165, 1.54) is 17.0 Å². The number of carbonyl (C=O) groups excluding carboxylic acids is 7. The normalized spacial score (nSPS) is 15.8. The topological polar surface area (TPSA) is 357 Å². The quantitative estimate of drug-likeness (QED) is 0.0264. The zero-order chi connectivity index (χ0) is 51.3. The summed E-state index contributed by atoms with van der Waals surface area (Å²) in [6.45, 7) is 3.85. The third-order valence-electron chi connectivity index (χ3n) is 11.6. The molecule has 1 fully saturated rings. The number of carboxylic acids is 1. The minimum atomic E-state index is -1.43. The predicted molar refractivity (Wildman–Crippen MR) is 260 cm³/mol. The van der Waals surface area contributed by atoms with Gasteiger partial charge in [-0.25, -0.2) is 4.79 Å². The molecule has 7 amide bonds. The van der Waals surface area contributed by atoms with Gasteiger partial charge < -0.3 is 64.6 Å². The first-order valence-corrected chi connectivity index (χ1v) is 23.3. The van der Waals surface area contributed by atoms with Crippen LogP contribution < -0.4 is 49.5 Å². The summed E-state index contributed by atoms with van der Waals surface area (Å²) in [6.07, 6.45) is 0.365. The van der Waals surface area contributed by atoms with Crippen LogP contribution in [0.2, 0.25) is 0 Å². The molecular weight excluding hydrogens is 903 g/mol. The van der Waals surface area contributed by atoms with Gasteiger partial charge >= 0.3 is 5.97 Å². The van der Waals surface area contributed by atoms with E-state index in [4.69, 9.17) is 22.9 Å². The fraction of sp³-hybridized carbons (Fsp3) is 0.449. The largest absolute Gasteiger partial charge is 0.508 e. The average Bonchev–Trinajstić information content (AvgIpc) is 3.82. The van der Waals surface area contributed by atoms with Gasteiger partial charge in [0.1, 0.15) is 42.0 Å². The molecule has 0 bridgehead atoms. The Labute approximate surface area is 406 Å². The van der Waals surface area contributed by atoms with E-state index < -0.39 is 89.6 Å². The fourth-order valence-electron chi connectivity index (χ4n) is 7.97. The number of primary amides is 1. The number of phenolic OH excluding ortho intramolecular Hbond substituents is 1. The molecule has 0 aliphatic carbocycles. The van der Waals surface area contributed by atoms with Crippen molar-refractivity contribution < 1.29 is 48.6 Å². The summed E-state index contributed by atoms with van der Waals surface area (Å²) >= 11 is 0. The van der Waals surface area contributed by atoms with E-state index in [-0.39, 0.29) is 88.5 Å². The van der Waals surface area contributed by atoms with Gasteiger partial charge in [0, 0.05) is 32.4 Å². The van der Waals surface area contributed by atoms with Crippen LogP contribution in [0.3, 0.4) is 0 Å². The Morgan fingerprint density at radius 2 is 1.19 bits per heavy atom. The number of likely N-dealkylation sites (tertiary alicyclic amines) is 1. The third-order valence-corrected chi connectivity index (χ3v) is 11.6. The predicted octanol–water partition coefficient (Wildman–Crippen LogP) is -0.388. The number of amides is 7. The van der Waals surface area contributed by atoms with Crippen LogP contribution in [0.4, 0.5) is 0 Å². The van der Waals surface area contributed by atoms with Gasteiger partial charge in [0.2, 0.25) is 41.4 Å². The Bertz CT molecular complexity index is 2280. The van der Waals surface area contributed by atoms with E-state index in [9.17, 15) is 48.6 Å². The molecule has 21 heteroatoms. The van der Waals surface area contributed by atoms with Gasteiger partial charge in [-0.2, -0.15) is 0 Å². The van der Waals surface area contributed by atoms with E-state index in [0.29, 0.717) is 17.5 Å². The van der Waals surface area contributed by atoms with Crippen LogP contribution in [0.25, 0.3) is 0 Å². The third kappa shape index (κ3) is 18.2. The maximum absolute atomic E-state index is 14.4. The van der Waals surface area contributed by atoms with E-state index in [0.717, 1.165) is 5.56 Å². The number of nitrogens with one attached hydrogen (secondary N) is 5. The highest BCUT2D eigenvalue weighted by Crippen LogP contribution is 2.22. The monoisotopic (exact) mass is 970 g/mol. The van der Waals surface area contributed by atoms with E-state index in [1.54, 1.807) is 56.3 Å². The molecule has 1 heterocycles. The van der Waals surface area contributed by atoms with Crippen LogP contribution in [0, 0.1) is 5.92 Å². The Balaban J connectivity index is 1.54. The number of rotatable bonds is 27. The minimum absolute atomic E-state index is 0.00208. The summed E-state index contributed by atoms with van der Waals surface area (Å²) in [6, 6.07) is 15.2. The molecule has 0 spiro atoms. The Kier molecular flexibility index (Phi) is 21.6. The molecule has 0 saturated carbocycles. The number of hydrogen-bond donors (Lipinski definition) is 11. The van der Waals surface area contributed by atoms with Crippen molar-refractivity contribution in [1.29, 1.82) is 0 Å². The molecule has 15 N–H and O–H groups in total. The van der Waals surface area contributed by atoms with Gasteiger partial charge in [0.25, 0.3) is 0 Å². The maximum atomic E-state index is 14.4. The van der Waals surface area contributed by atoms with E-state index in [2.05, 4.69) is 31.6 Å². The van der Waals surface area contributed by atoms with Crippen molar-refractivity contribution in [2.24, 2.45) is 33.8 Å². The maximum Gasteiger partial charge on any atom is 0.326 e. The molecule has 70 heavy (non-hydrogen) atoms. The molecule has 0 radical (unpaired) electrons. The molecule has 7 atom stereocenters. The second-order valence-corrected chi connectivity index (χ2v) is 17.8. The van der Waals surface area contributed by atoms with Crippen LogP contribution in [0.15, 0.2) is 89.9 Å². The summed E-state index contributed by atoms with van der Waals surface area (Å²) in [7, 11) is 0. The molecule has 1 saturated heterocycles. The molecule has 21 nitrogen and oxygen atoms in total. The van der Waals surface area contributed by atoms with Gasteiger partial charge in [-0.05, 0) is 79.7 Å². The molecule has 0 unspecified atom stereocenters. The van der Waals surface area contributed by atoms with E-state index in [1.807, 2.05) is 30.3 Å². The number of aliphatic imine (C=N–C) groups is 1. The lowest BCUT2D eigenvalue weighted by Crippen LogP contribution is -2.60. The number of carbonyl (C=O) groups is 8. The number of nitrogens with zero attached hydrogens (tertiary/aromatic N) is 2. The molecular formula is C49H67N11O10. The van der Waals surface area contributed by atoms with Gasteiger partial charge in [-0.3, -0.25) is 38.6 Å². The van der Waals surface area contributed by atoms with Gasteiger partial charge in [0.15, 0.2) is 5.96 Å². The highest BCUT2D eigenvalue weighted by molar-refractivity contribution is 5.97. The number of nitrogens with two attached hydrogens (primary N) is 4. The van der Waals surface area contributed by atoms with Crippen LogP contribution in [0.5, 0.6) is 5.75 Å². The zero-order valence-electron chi connectivity index (χ0n) is 39.6. The SMILES string of the molecule is CC(C)C[C@H](NC(=O)[C@H](CCC(N)=O)NC(=O)[C@@H]1CCCN1C(=O)[C@H](Cc1ccc(O)cc1)NC(=O)[C@@H](N)Cc1ccccc1)C(=O)N[C@@H](Cc1ccccc1)C(=O)N[C@@H](CCCN=C(N)N)C(=O)O. The highest BCUT2D eigenvalue weighted by atomic mass is 16.4. The Hall–Kier alpha value is -7.55.